The zero-order valence-electron chi connectivity index (χ0n) is 12.0. The van der Waals surface area contributed by atoms with Crippen molar-refractivity contribution in [3.63, 3.8) is 0 Å². The van der Waals surface area contributed by atoms with Crippen LogP contribution >= 0.6 is 0 Å². The average molecular weight is 312 g/mol. The van der Waals surface area contributed by atoms with Gasteiger partial charge in [-0.25, -0.2) is 9.78 Å². The van der Waals surface area contributed by atoms with Gasteiger partial charge in [-0.2, -0.15) is 0 Å². The number of aromatic nitrogens is 1. The number of rotatable bonds is 10. The van der Waals surface area contributed by atoms with Crippen molar-refractivity contribution in [2.24, 2.45) is 0 Å². The molecule has 0 unspecified atom stereocenters. The van der Waals surface area contributed by atoms with Crippen LogP contribution in [0.5, 0.6) is 5.88 Å². The van der Waals surface area contributed by atoms with Crippen molar-refractivity contribution < 1.29 is 29.1 Å². The Bertz CT molecular complexity index is 559. The van der Waals surface area contributed by atoms with Gasteiger partial charge in [0.15, 0.2) is 0 Å². The van der Waals surface area contributed by atoms with Gasteiger partial charge in [0.1, 0.15) is 12.8 Å². The van der Waals surface area contributed by atoms with Gasteiger partial charge in [-0.05, 0) is 12.8 Å². The fourth-order valence-electron chi connectivity index (χ4n) is 1.69. The van der Waals surface area contributed by atoms with Crippen LogP contribution in [0.15, 0.2) is 12.3 Å². The molecular weight excluding hydrogens is 296 g/mol. The number of carbonyl (C=O) groups excluding carboxylic acids is 1. The van der Waals surface area contributed by atoms with Crippen molar-refractivity contribution in [3.05, 3.63) is 27.9 Å². The number of hydrogen-bond donors (Lipinski definition) is 1. The van der Waals surface area contributed by atoms with Crippen molar-refractivity contribution in [3.8, 4) is 5.88 Å². The monoisotopic (exact) mass is 312 g/mol. The molecule has 0 fully saturated rings. The van der Waals surface area contributed by atoms with E-state index < -0.39 is 16.7 Å². The minimum atomic E-state index is -1.51. The fraction of sp³-hybridized carbons (Fsp3) is 0.462. The molecule has 0 aliphatic rings. The number of ether oxygens (including phenoxy) is 2. The lowest BCUT2D eigenvalue weighted by atomic mass is 10.1. The van der Waals surface area contributed by atoms with Crippen molar-refractivity contribution in [1.82, 2.24) is 4.98 Å². The third-order valence-corrected chi connectivity index (χ3v) is 2.76. The summed E-state index contributed by atoms with van der Waals surface area (Å²) >= 11 is 0. The van der Waals surface area contributed by atoms with Crippen molar-refractivity contribution in [2.75, 3.05) is 20.3 Å². The largest absolute Gasteiger partial charge is 0.476 e. The van der Waals surface area contributed by atoms with Crippen LogP contribution in [0.2, 0.25) is 0 Å². The number of carbonyl (C=O) groups is 2. The van der Waals surface area contributed by atoms with E-state index in [-0.39, 0.29) is 37.4 Å². The molecule has 0 atom stereocenters. The van der Waals surface area contributed by atoms with Crippen LogP contribution in [0.4, 0.5) is 5.69 Å². The molecule has 1 rings (SSSR count). The van der Waals surface area contributed by atoms with Crippen LogP contribution in [0.25, 0.3) is 0 Å². The quantitative estimate of drug-likeness (QED) is 0.293. The van der Waals surface area contributed by atoms with Crippen molar-refractivity contribution in [1.29, 1.82) is 0 Å². The Balaban J connectivity index is 2.75. The number of aryl methyl sites for hydroxylation is 1. The first-order valence-corrected chi connectivity index (χ1v) is 6.47. The molecule has 0 radical (unpaired) electrons. The molecule has 1 heterocycles. The van der Waals surface area contributed by atoms with E-state index in [1.54, 1.807) is 0 Å². The zero-order valence-corrected chi connectivity index (χ0v) is 12.0. The van der Waals surface area contributed by atoms with Crippen LogP contribution < -0.4 is 4.74 Å². The highest BCUT2D eigenvalue weighted by Gasteiger charge is 2.17. The standard InChI is InChI=1S/C13H16N2O7/c1-21-5-6-22-12-7-9(10(8-14-12)15(19)20)3-2-4-11(16)13(17)18/h7-8H,2-6H2,1H3,(H,17,18). The molecular formula is C13H16N2O7. The van der Waals surface area contributed by atoms with E-state index in [2.05, 4.69) is 4.98 Å². The average Bonchev–Trinajstić information content (AvgIpc) is 2.47. The van der Waals surface area contributed by atoms with Crippen LogP contribution in [0.1, 0.15) is 18.4 Å². The lowest BCUT2D eigenvalue weighted by Gasteiger charge is -2.07. The van der Waals surface area contributed by atoms with Gasteiger partial charge >= 0.3 is 5.97 Å². The van der Waals surface area contributed by atoms with Gasteiger partial charge in [0, 0.05) is 25.2 Å². The van der Waals surface area contributed by atoms with E-state index in [0.717, 1.165) is 6.20 Å². The number of methoxy groups -OCH3 is 1. The van der Waals surface area contributed by atoms with Crippen molar-refractivity contribution in [2.45, 2.75) is 19.3 Å². The number of nitro groups is 1. The molecule has 0 amide bonds. The van der Waals surface area contributed by atoms with Gasteiger partial charge in [-0.1, -0.05) is 0 Å². The van der Waals surface area contributed by atoms with Gasteiger partial charge in [-0.15, -0.1) is 0 Å². The summed E-state index contributed by atoms with van der Waals surface area (Å²) in [6, 6.07) is 1.42. The smallest absolute Gasteiger partial charge is 0.372 e. The number of Topliss-reactive ketones (excluding diaryl/α,β-unsaturated/α-hetero) is 1. The number of pyridine rings is 1. The maximum absolute atomic E-state index is 11.0. The third kappa shape index (κ3) is 5.44. The number of aliphatic carboxylic acids is 1. The summed E-state index contributed by atoms with van der Waals surface area (Å²) in [5.41, 5.74) is 0.146. The molecule has 0 aliphatic heterocycles. The Kier molecular flexibility index (Phi) is 6.90. The highest BCUT2D eigenvalue weighted by Crippen LogP contribution is 2.23. The number of carboxylic acids is 1. The summed E-state index contributed by atoms with van der Waals surface area (Å²) in [7, 11) is 1.51. The van der Waals surface area contributed by atoms with Gasteiger partial charge in [-0.3, -0.25) is 14.9 Å². The summed E-state index contributed by atoms with van der Waals surface area (Å²) in [6.07, 6.45) is 1.26. The van der Waals surface area contributed by atoms with Crippen LogP contribution in [-0.2, 0) is 20.7 Å². The fourth-order valence-corrected chi connectivity index (χ4v) is 1.69. The molecule has 1 aromatic rings. The Morgan fingerprint density at radius 1 is 1.41 bits per heavy atom. The van der Waals surface area contributed by atoms with Gasteiger partial charge < -0.3 is 14.6 Å². The normalized spacial score (nSPS) is 10.2. The predicted octanol–water partition coefficient (Wildman–Crippen LogP) is 0.991. The second kappa shape index (κ2) is 8.67. The maximum Gasteiger partial charge on any atom is 0.372 e. The molecule has 0 aromatic carbocycles. The van der Waals surface area contributed by atoms with Gasteiger partial charge in [0.25, 0.3) is 5.69 Å². The van der Waals surface area contributed by atoms with E-state index in [4.69, 9.17) is 14.6 Å². The highest BCUT2D eigenvalue weighted by atomic mass is 16.6. The second-order valence-electron chi connectivity index (χ2n) is 4.33. The first-order valence-electron chi connectivity index (χ1n) is 6.47. The van der Waals surface area contributed by atoms with Crippen molar-refractivity contribution >= 4 is 17.4 Å². The SMILES string of the molecule is COCCOc1cc(CCCC(=O)C(=O)O)c([N+](=O)[O-])cn1. The molecule has 0 saturated heterocycles. The molecule has 0 spiro atoms. The lowest BCUT2D eigenvalue weighted by Crippen LogP contribution is -2.12. The van der Waals surface area contributed by atoms with E-state index in [9.17, 15) is 19.7 Å². The first kappa shape index (κ1) is 17.5. The van der Waals surface area contributed by atoms with Crippen LogP contribution in [0.3, 0.4) is 0 Å². The van der Waals surface area contributed by atoms with E-state index in [1.807, 2.05) is 0 Å². The Morgan fingerprint density at radius 3 is 2.73 bits per heavy atom. The summed E-state index contributed by atoms with van der Waals surface area (Å²) in [6.45, 7) is 0.597. The number of carboxylic acid groups (broad SMARTS) is 1. The van der Waals surface area contributed by atoms with E-state index >= 15 is 0 Å². The molecule has 1 N–H and O–H groups in total. The number of nitrogens with zero attached hydrogens (tertiary/aromatic N) is 2. The minimum Gasteiger partial charge on any atom is -0.476 e. The molecule has 22 heavy (non-hydrogen) atoms. The van der Waals surface area contributed by atoms with E-state index in [1.165, 1.54) is 13.2 Å². The topological polar surface area (TPSA) is 129 Å². The number of ketones is 1. The summed E-state index contributed by atoms with van der Waals surface area (Å²) in [4.78, 5) is 35.6. The molecule has 0 bridgehead atoms. The summed E-state index contributed by atoms with van der Waals surface area (Å²) < 4.78 is 10.1. The summed E-state index contributed by atoms with van der Waals surface area (Å²) in [5, 5.41) is 19.4. The number of hydrogen-bond acceptors (Lipinski definition) is 7. The minimum absolute atomic E-state index is 0.179. The Labute approximate surface area is 126 Å². The Hall–Kier alpha value is -2.55. The molecule has 0 saturated carbocycles. The molecule has 9 heteroatoms. The van der Waals surface area contributed by atoms with Gasteiger partial charge in [0.2, 0.25) is 11.7 Å². The van der Waals surface area contributed by atoms with Crippen LogP contribution in [0, 0.1) is 10.1 Å². The molecule has 120 valence electrons. The second-order valence-corrected chi connectivity index (χ2v) is 4.33. The van der Waals surface area contributed by atoms with Gasteiger partial charge in [0.05, 0.1) is 11.5 Å². The lowest BCUT2D eigenvalue weighted by molar-refractivity contribution is -0.385. The summed E-state index contributed by atoms with van der Waals surface area (Å²) in [5.74, 6) is -2.22. The van der Waals surface area contributed by atoms with E-state index in [0.29, 0.717) is 12.2 Å². The highest BCUT2D eigenvalue weighted by molar-refractivity contribution is 6.32. The third-order valence-electron chi connectivity index (χ3n) is 2.76. The Morgan fingerprint density at radius 2 is 2.14 bits per heavy atom. The zero-order chi connectivity index (χ0) is 16.5. The molecule has 1 aromatic heterocycles. The van der Waals surface area contributed by atoms with Crippen LogP contribution in [-0.4, -0.2) is 47.1 Å². The first-order chi connectivity index (χ1) is 10.5. The molecule has 0 aliphatic carbocycles. The molecule has 9 nitrogen and oxygen atoms in total. The maximum atomic E-state index is 11.0. The predicted molar refractivity (Wildman–Crippen MR) is 73.8 cm³/mol.